The van der Waals surface area contributed by atoms with Gasteiger partial charge in [-0.05, 0) is 54.2 Å². The van der Waals surface area contributed by atoms with E-state index in [2.05, 4.69) is 73.7 Å². The van der Waals surface area contributed by atoms with Crippen molar-refractivity contribution in [3.8, 4) is 33.9 Å². The average molecular weight is 584 g/mol. The SMILES string of the molecule is CC1C=Cc2c(oc3cccc(-c4cc(-c5nc(C6=CCCC=C6)nc(-c6ccccc6)n5)c5c(c4)oc4ccccc45)c23)C1. The molecule has 2 aliphatic rings. The van der Waals surface area contributed by atoms with Crippen LogP contribution in [-0.4, -0.2) is 15.0 Å². The van der Waals surface area contributed by atoms with Crippen molar-refractivity contribution in [2.24, 2.45) is 5.92 Å². The highest BCUT2D eigenvalue weighted by Crippen LogP contribution is 2.43. The van der Waals surface area contributed by atoms with Gasteiger partial charge in [-0.2, -0.15) is 0 Å². The van der Waals surface area contributed by atoms with Crippen LogP contribution in [-0.2, 0) is 6.42 Å². The van der Waals surface area contributed by atoms with Crippen LogP contribution in [0.4, 0.5) is 0 Å². The molecule has 5 nitrogen and oxygen atoms in total. The molecule has 45 heavy (non-hydrogen) atoms. The average Bonchev–Trinajstić information content (AvgIpc) is 3.66. The predicted octanol–water partition coefficient (Wildman–Crippen LogP) is 10.5. The fraction of sp³-hybridized carbons (Fsp3) is 0.125. The highest BCUT2D eigenvalue weighted by molar-refractivity contribution is 6.14. The lowest BCUT2D eigenvalue weighted by Gasteiger charge is -2.13. The van der Waals surface area contributed by atoms with Crippen molar-refractivity contribution in [2.75, 3.05) is 0 Å². The van der Waals surface area contributed by atoms with Crippen LogP contribution in [0.3, 0.4) is 0 Å². The number of para-hydroxylation sites is 1. The Bertz CT molecular complexity index is 2370. The minimum Gasteiger partial charge on any atom is -0.460 e. The second kappa shape index (κ2) is 10.3. The first-order valence-corrected chi connectivity index (χ1v) is 15.6. The topological polar surface area (TPSA) is 65.0 Å². The third-order valence-electron chi connectivity index (χ3n) is 8.88. The molecular formula is C40H29N3O2. The lowest BCUT2D eigenvalue weighted by Crippen LogP contribution is -2.03. The Balaban J connectivity index is 1.34. The van der Waals surface area contributed by atoms with Crippen LogP contribution in [0.15, 0.2) is 118 Å². The molecule has 3 aromatic heterocycles. The number of nitrogens with zero attached hydrogens (tertiary/aromatic N) is 3. The van der Waals surface area contributed by atoms with Gasteiger partial charge in [-0.1, -0.05) is 98.0 Å². The summed E-state index contributed by atoms with van der Waals surface area (Å²) in [5.74, 6) is 3.43. The molecule has 0 amide bonds. The van der Waals surface area contributed by atoms with Gasteiger partial charge < -0.3 is 8.83 Å². The second-order valence-corrected chi connectivity index (χ2v) is 12.0. The standard InChI is InChI=1S/C40H29N3O2/c1-24-19-20-30-34(21-24)45-33-18-10-16-28(36(30)33)27-22-31(37-29-15-8-9-17-32(29)44-35(37)23-27)40-42-38(25-11-4-2-5-12-25)41-39(43-40)26-13-6-3-7-14-26/h2,4-6,8-20,22-24H,3,7,21H2,1H3. The lowest BCUT2D eigenvalue weighted by molar-refractivity contribution is 0.513. The smallest absolute Gasteiger partial charge is 0.164 e. The van der Waals surface area contributed by atoms with E-state index in [0.29, 0.717) is 23.4 Å². The van der Waals surface area contributed by atoms with Crippen molar-refractivity contribution in [2.45, 2.75) is 26.2 Å². The Morgan fingerprint density at radius 2 is 1.47 bits per heavy atom. The molecule has 5 heteroatoms. The molecule has 1 unspecified atom stereocenters. The zero-order valence-corrected chi connectivity index (χ0v) is 24.8. The Kier molecular flexibility index (Phi) is 5.91. The maximum atomic E-state index is 6.53. The Morgan fingerprint density at radius 3 is 2.36 bits per heavy atom. The molecule has 9 rings (SSSR count). The van der Waals surface area contributed by atoms with Gasteiger partial charge in [-0.25, -0.2) is 15.0 Å². The van der Waals surface area contributed by atoms with Crippen LogP contribution >= 0.6 is 0 Å². The molecule has 7 aromatic rings. The number of rotatable bonds is 4. The summed E-state index contributed by atoms with van der Waals surface area (Å²) in [5.41, 5.74) is 8.67. The predicted molar refractivity (Wildman–Crippen MR) is 181 cm³/mol. The normalized spacial score (nSPS) is 16.0. The Hall–Kier alpha value is -5.55. The molecule has 0 bridgehead atoms. The Morgan fingerprint density at radius 1 is 0.644 bits per heavy atom. The van der Waals surface area contributed by atoms with E-state index < -0.39 is 0 Å². The second-order valence-electron chi connectivity index (χ2n) is 12.0. The molecule has 0 radical (unpaired) electrons. The monoisotopic (exact) mass is 583 g/mol. The van der Waals surface area contributed by atoms with E-state index in [9.17, 15) is 0 Å². The largest absolute Gasteiger partial charge is 0.460 e. The van der Waals surface area contributed by atoms with E-state index in [1.165, 1.54) is 0 Å². The van der Waals surface area contributed by atoms with Gasteiger partial charge in [0.15, 0.2) is 17.5 Å². The summed E-state index contributed by atoms with van der Waals surface area (Å²) in [4.78, 5) is 15.2. The van der Waals surface area contributed by atoms with Gasteiger partial charge in [0.2, 0.25) is 0 Å². The maximum absolute atomic E-state index is 6.53. The van der Waals surface area contributed by atoms with E-state index in [1.54, 1.807) is 0 Å². The lowest BCUT2D eigenvalue weighted by atomic mass is 9.91. The summed E-state index contributed by atoms with van der Waals surface area (Å²) < 4.78 is 12.9. The first-order valence-electron chi connectivity index (χ1n) is 15.6. The molecule has 0 aliphatic heterocycles. The minimum atomic E-state index is 0.450. The van der Waals surface area contributed by atoms with Crippen LogP contribution in [0.2, 0.25) is 0 Å². The van der Waals surface area contributed by atoms with Crippen molar-refractivity contribution in [3.05, 3.63) is 126 Å². The zero-order valence-electron chi connectivity index (χ0n) is 24.8. The summed E-state index contributed by atoms with van der Waals surface area (Å²) in [6.45, 7) is 2.22. The highest BCUT2D eigenvalue weighted by Gasteiger charge is 2.23. The molecular weight excluding hydrogens is 554 g/mol. The number of fused-ring (bicyclic) bond motifs is 6. The molecule has 216 valence electrons. The molecule has 0 saturated heterocycles. The van der Waals surface area contributed by atoms with Gasteiger partial charge in [0, 0.05) is 44.8 Å². The van der Waals surface area contributed by atoms with E-state index in [-0.39, 0.29) is 0 Å². The van der Waals surface area contributed by atoms with Crippen molar-refractivity contribution < 1.29 is 8.83 Å². The molecule has 4 aromatic carbocycles. The first-order chi connectivity index (χ1) is 22.2. The van der Waals surface area contributed by atoms with Gasteiger partial charge in [0.1, 0.15) is 22.5 Å². The van der Waals surface area contributed by atoms with E-state index in [4.69, 9.17) is 23.8 Å². The fourth-order valence-corrected chi connectivity index (χ4v) is 6.72. The van der Waals surface area contributed by atoms with Crippen LogP contribution in [0.5, 0.6) is 0 Å². The van der Waals surface area contributed by atoms with E-state index >= 15 is 0 Å². The number of hydrogen-bond acceptors (Lipinski definition) is 5. The van der Waals surface area contributed by atoms with Crippen molar-refractivity contribution in [1.82, 2.24) is 15.0 Å². The van der Waals surface area contributed by atoms with Crippen LogP contribution < -0.4 is 0 Å². The number of aromatic nitrogens is 3. The molecule has 0 spiro atoms. The van der Waals surface area contributed by atoms with Crippen molar-refractivity contribution in [3.63, 3.8) is 0 Å². The maximum Gasteiger partial charge on any atom is 0.164 e. The summed E-state index contributed by atoms with van der Waals surface area (Å²) in [5, 5.41) is 3.15. The summed E-state index contributed by atoms with van der Waals surface area (Å²) in [6.07, 6.45) is 13.9. The number of hydrogen-bond donors (Lipinski definition) is 0. The molecule has 0 N–H and O–H groups in total. The van der Waals surface area contributed by atoms with Crippen LogP contribution in [0.1, 0.15) is 36.9 Å². The van der Waals surface area contributed by atoms with Crippen molar-refractivity contribution in [1.29, 1.82) is 0 Å². The number of furan rings is 2. The highest BCUT2D eigenvalue weighted by atomic mass is 16.3. The zero-order chi connectivity index (χ0) is 29.9. The fourth-order valence-electron chi connectivity index (χ4n) is 6.72. The Labute approximate surface area is 260 Å². The van der Waals surface area contributed by atoms with Gasteiger partial charge in [-0.15, -0.1) is 0 Å². The summed E-state index contributed by atoms with van der Waals surface area (Å²) in [7, 11) is 0. The summed E-state index contributed by atoms with van der Waals surface area (Å²) in [6, 6.07) is 29.0. The van der Waals surface area contributed by atoms with Gasteiger partial charge in [0.25, 0.3) is 0 Å². The van der Waals surface area contributed by atoms with E-state index in [0.717, 1.165) is 91.3 Å². The third-order valence-corrected chi connectivity index (χ3v) is 8.88. The minimum absolute atomic E-state index is 0.450. The number of benzene rings is 4. The first kappa shape index (κ1) is 25.9. The van der Waals surface area contributed by atoms with Crippen LogP contribution in [0.25, 0.3) is 78.5 Å². The van der Waals surface area contributed by atoms with Gasteiger partial charge in [0.05, 0.1) is 0 Å². The molecule has 0 saturated carbocycles. The summed E-state index contributed by atoms with van der Waals surface area (Å²) >= 11 is 0. The molecule has 0 fully saturated rings. The van der Waals surface area contributed by atoms with E-state index in [1.807, 2.05) is 48.5 Å². The van der Waals surface area contributed by atoms with Gasteiger partial charge in [-0.3, -0.25) is 0 Å². The van der Waals surface area contributed by atoms with Crippen molar-refractivity contribution >= 4 is 44.6 Å². The van der Waals surface area contributed by atoms with Gasteiger partial charge >= 0.3 is 0 Å². The third kappa shape index (κ3) is 4.34. The van der Waals surface area contributed by atoms with Crippen LogP contribution in [0, 0.1) is 5.92 Å². The quantitative estimate of drug-likeness (QED) is 0.206. The molecule has 3 heterocycles. The molecule has 2 aliphatic carbocycles. The number of allylic oxidation sites excluding steroid dienone is 5. The molecule has 1 atom stereocenters.